The topological polar surface area (TPSA) is 21.9 Å². The van der Waals surface area contributed by atoms with Crippen LogP contribution in [0.2, 0.25) is 0 Å². The molecule has 3 nitrogen and oxygen atoms in total. The molecule has 8 aromatic carbocycles. The van der Waals surface area contributed by atoms with E-state index >= 15 is 0 Å². The number of nitrogens with one attached hydrogen (secondary N) is 1. The van der Waals surface area contributed by atoms with Crippen LogP contribution in [0.4, 0.5) is 0 Å². The van der Waals surface area contributed by atoms with Crippen molar-refractivity contribution in [1.29, 1.82) is 0 Å². The molecule has 57 heavy (non-hydrogen) atoms. The largest absolute Gasteiger partial charge is 0.309 e. The van der Waals surface area contributed by atoms with Crippen LogP contribution in [-0.4, -0.2) is 9.24 Å². The molecule has 10 rings (SSSR count). The monoisotopic (exact) mass is 733 g/mol. The first kappa shape index (κ1) is 34.4. The Labute approximate surface area is 333 Å². The Hall–Kier alpha value is -7.10. The summed E-state index contributed by atoms with van der Waals surface area (Å²) < 4.78 is 4.60. The zero-order valence-electron chi connectivity index (χ0n) is 32.0. The van der Waals surface area contributed by atoms with Crippen molar-refractivity contribution in [2.45, 2.75) is 25.7 Å². The molecule has 2 aromatic heterocycles. The van der Waals surface area contributed by atoms with Crippen molar-refractivity contribution in [3.8, 4) is 39.1 Å². The zero-order chi connectivity index (χ0) is 38.1. The summed E-state index contributed by atoms with van der Waals surface area (Å²) in [6.45, 7) is 2.27. The molecule has 0 radical (unpaired) electrons. The second-order valence-corrected chi connectivity index (χ2v) is 15.0. The maximum Gasteiger partial charge on any atom is 0.0710 e. The second-order valence-electron chi connectivity index (χ2n) is 15.0. The van der Waals surface area contributed by atoms with Crippen LogP contribution in [0.5, 0.6) is 0 Å². The van der Waals surface area contributed by atoms with Crippen molar-refractivity contribution in [1.82, 2.24) is 9.24 Å². The standard InChI is InChI=1S/C54H43N3/c1-2-14-38(42-17-13-18-43(35-42)41-27-25-40(26-28-41)39-15-5-3-6-16-39)33-34-55-57-53-24-12-10-22-48(53)50-37-45(30-32-54(50)57)44-29-31-52-49(36-44)47-21-9-11-23-51(47)56(52)46-19-7-4-8-20-46/h3-13,15-38,55H,2,14H2,1H3/b34-33-. The van der Waals surface area contributed by atoms with Gasteiger partial charge in [-0.15, -0.1) is 0 Å². The highest BCUT2D eigenvalue weighted by Gasteiger charge is 2.16. The number of nitrogens with zero attached hydrogens (tertiary/aromatic N) is 2. The molecular formula is C54H43N3. The molecule has 0 aliphatic rings. The Bertz CT molecular complexity index is 3040. The van der Waals surface area contributed by atoms with Gasteiger partial charge in [0.15, 0.2) is 0 Å². The minimum atomic E-state index is 0.286. The van der Waals surface area contributed by atoms with E-state index in [4.69, 9.17) is 0 Å². The number of allylic oxidation sites excluding steroid dienone is 1. The first-order chi connectivity index (χ1) is 28.2. The first-order valence-electron chi connectivity index (χ1n) is 20.0. The van der Waals surface area contributed by atoms with E-state index in [9.17, 15) is 0 Å². The number of rotatable bonds is 10. The maximum absolute atomic E-state index is 3.69. The van der Waals surface area contributed by atoms with Crippen LogP contribution in [0.15, 0.2) is 206 Å². The van der Waals surface area contributed by atoms with Crippen LogP contribution in [0, 0.1) is 0 Å². The Morgan fingerprint density at radius 2 is 0.930 bits per heavy atom. The van der Waals surface area contributed by atoms with Crippen LogP contribution < -0.4 is 5.43 Å². The predicted octanol–water partition coefficient (Wildman–Crippen LogP) is 14.5. The summed E-state index contributed by atoms with van der Waals surface area (Å²) >= 11 is 0. The van der Waals surface area contributed by atoms with Gasteiger partial charge >= 0.3 is 0 Å². The molecule has 0 saturated carbocycles. The van der Waals surface area contributed by atoms with Crippen molar-refractivity contribution >= 4 is 43.6 Å². The fourth-order valence-corrected chi connectivity index (χ4v) is 8.65. The molecule has 2 heterocycles. The fourth-order valence-electron chi connectivity index (χ4n) is 8.65. The van der Waals surface area contributed by atoms with E-state index in [1.807, 2.05) is 0 Å². The third-order valence-corrected chi connectivity index (χ3v) is 11.5. The van der Waals surface area contributed by atoms with Crippen LogP contribution in [0.1, 0.15) is 31.2 Å². The maximum atomic E-state index is 3.69. The summed E-state index contributed by atoms with van der Waals surface area (Å²) in [5.41, 5.74) is 18.3. The van der Waals surface area contributed by atoms with Gasteiger partial charge in [0, 0.05) is 39.4 Å². The zero-order valence-corrected chi connectivity index (χ0v) is 32.0. The van der Waals surface area contributed by atoms with E-state index in [1.54, 1.807) is 0 Å². The smallest absolute Gasteiger partial charge is 0.0710 e. The Morgan fingerprint density at radius 3 is 1.65 bits per heavy atom. The van der Waals surface area contributed by atoms with Crippen molar-refractivity contribution in [2.24, 2.45) is 0 Å². The molecular weight excluding hydrogens is 691 g/mol. The summed E-state index contributed by atoms with van der Waals surface area (Å²) in [6.07, 6.45) is 6.64. The summed E-state index contributed by atoms with van der Waals surface area (Å²) in [7, 11) is 0. The van der Waals surface area contributed by atoms with Crippen molar-refractivity contribution < 1.29 is 0 Å². The van der Waals surface area contributed by atoms with Gasteiger partial charge in [-0.05, 0) is 93.9 Å². The van der Waals surface area contributed by atoms with Gasteiger partial charge in [-0.2, -0.15) is 0 Å². The Morgan fingerprint density at radius 1 is 0.439 bits per heavy atom. The van der Waals surface area contributed by atoms with Gasteiger partial charge in [0.1, 0.15) is 0 Å². The number of fused-ring (bicyclic) bond motifs is 6. The lowest BCUT2D eigenvalue weighted by Crippen LogP contribution is -2.08. The summed E-state index contributed by atoms with van der Waals surface area (Å²) in [4.78, 5) is 0. The number of benzene rings is 8. The summed E-state index contributed by atoms with van der Waals surface area (Å²) in [5.74, 6) is 0.286. The minimum absolute atomic E-state index is 0.286. The molecule has 0 aliphatic carbocycles. The molecule has 0 saturated heterocycles. The average Bonchev–Trinajstić information content (AvgIpc) is 3.78. The molecule has 1 N–H and O–H groups in total. The van der Waals surface area contributed by atoms with E-state index in [2.05, 4.69) is 228 Å². The Kier molecular flexibility index (Phi) is 8.97. The molecule has 3 heteroatoms. The normalized spacial score (nSPS) is 12.3. The van der Waals surface area contributed by atoms with Gasteiger partial charge in [-0.1, -0.05) is 165 Å². The number of aromatic nitrogens is 2. The molecule has 0 spiro atoms. The molecule has 0 bridgehead atoms. The Balaban J connectivity index is 0.959. The highest BCUT2D eigenvalue weighted by atomic mass is 15.4. The lowest BCUT2D eigenvalue weighted by Gasteiger charge is -2.15. The summed E-state index contributed by atoms with van der Waals surface area (Å²) in [5, 5.41) is 4.98. The van der Waals surface area contributed by atoms with Gasteiger partial charge in [-0.3, -0.25) is 4.68 Å². The first-order valence-corrected chi connectivity index (χ1v) is 20.0. The molecule has 0 amide bonds. The van der Waals surface area contributed by atoms with Crippen molar-refractivity contribution in [3.05, 3.63) is 212 Å². The van der Waals surface area contributed by atoms with E-state index < -0.39 is 0 Å². The predicted molar refractivity (Wildman–Crippen MR) is 243 cm³/mol. The minimum Gasteiger partial charge on any atom is -0.309 e. The van der Waals surface area contributed by atoms with Gasteiger partial charge in [0.25, 0.3) is 0 Å². The molecule has 10 aromatic rings. The molecule has 0 aliphatic heterocycles. The molecule has 274 valence electrons. The highest BCUT2D eigenvalue weighted by molar-refractivity contribution is 6.12. The van der Waals surface area contributed by atoms with Gasteiger partial charge in [0.2, 0.25) is 0 Å². The quantitative estimate of drug-likeness (QED) is 0.149. The summed E-state index contributed by atoms with van der Waals surface area (Å²) in [6, 6.07) is 70.4. The van der Waals surface area contributed by atoms with E-state index in [0.29, 0.717) is 0 Å². The fraction of sp³-hybridized carbons (Fsp3) is 0.0741. The lowest BCUT2D eigenvalue weighted by atomic mass is 9.91. The SMILES string of the molecule is CCCC(/C=C\Nn1c2ccccc2c2cc(-c3ccc4c(c3)c3ccccc3n4-c3ccccc3)ccc21)c1cccc(-c2ccc(-c3ccccc3)cc2)c1. The molecule has 1 unspecified atom stereocenters. The van der Waals surface area contributed by atoms with Crippen LogP contribution in [0.3, 0.4) is 0 Å². The van der Waals surface area contributed by atoms with Gasteiger partial charge in [-0.25, -0.2) is 0 Å². The van der Waals surface area contributed by atoms with Crippen molar-refractivity contribution in [2.75, 3.05) is 5.43 Å². The highest BCUT2D eigenvalue weighted by Crippen LogP contribution is 2.37. The average molecular weight is 734 g/mol. The third kappa shape index (κ3) is 6.37. The number of hydrogen-bond acceptors (Lipinski definition) is 1. The lowest BCUT2D eigenvalue weighted by molar-refractivity contribution is 0.716. The number of hydrogen-bond donors (Lipinski definition) is 1. The van der Waals surface area contributed by atoms with Crippen molar-refractivity contribution in [3.63, 3.8) is 0 Å². The molecule has 0 fully saturated rings. The van der Waals surface area contributed by atoms with Crippen LogP contribution in [0.25, 0.3) is 82.7 Å². The van der Waals surface area contributed by atoms with Crippen LogP contribution in [-0.2, 0) is 0 Å². The third-order valence-electron chi connectivity index (χ3n) is 11.5. The number of para-hydroxylation sites is 3. The van der Waals surface area contributed by atoms with Crippen LogP contribution >= 0.6 is 0 Å². The second kappa shape index (κ2) is 14.9. The van der Waals surface area contributed by atoms with E-state index in [1.165, 1.54) is 77.2 Å². The van der Waals surface area contributed by atoms with Gasteiger partial charge < -0.3 is 9.99 Å². The van der Waals surface area contributed by atoms with E-state index in [0.717, 1.165) is 23.9 Å². The molecule has 1 atom stereocenters. The van der Waals surface area contributed by atoms with Gasteiger partial charge in [0.05, 0.1) is 22.1 Å². The van der Waals surface area contributed by atoms with E-state index in [-0.39, 0.29) is 5.92 Å².